The minimum absolute atomic E-state index is 0.223. The Balaban J connectivity index is 1.51. The van der Waals surface area contributed by atoms with Crippen LogP contribution in [0.5, 0.6) is 5.75 Å². The summed E-state index contributed by atoms with van der Waals surface area (Å²) in [5.74, 6) is 1.65. The van der Waals surface area contributed by atoms with E-state index in [1.165, 1.54) is 0 Å². The quantitative estimate of drug-likeness (QED) is 0.387. The maximum Gasteiger partial charge on any atom is 0.157 e. The normalized spacial score (nSPS) is 12.1. The predicted molar refractivity (Wildman–Crippen MR) is 128 cm³/mol. The lowest BCUT2D eigenvalue weighted by atomic mass is 10.1. The van der Waals surface area contributed by atoms with E-state index < -0.39 is 0 Å². The van der Waals surface area contributed by atoms with Crippen molar-refractivity contribution < 1.29 is 9.47 Å². The van der Waals surface area contributed by atoms with Gasteiger partial charge in [0.15, 0.2) is 5.65 Å². The van der Waals surface area contributed by atoms with Crippen molar-refractivity contribution in [1.82, 2.24) is 24.7 Å². The van der Waals surface area contributed by atoms with E-state index >= 15 is 0 Å². The second-order valence-electron chi connectivity index (χ2n) is 7.13. The van der Waals surface area contributed by atoms with Crippen molar-refractivity contribution in [2.45, 2.75) is 11.8 Å². The largest absolute Gasteiger partial charge is 0.496 e. The zero-order chi connectivity index (χ0) is 22.3. The number of benzene rings is 1. The van der Waals surface area contributed by atoms with E-state index in [1.807, 2.05) is 47.4 Å². The van der Waals surface area contributed by atoms with Crippen LogP contribution in [0, 0.1) is 0 Å². The van der Waals surface area contributed by atoms with Crippen LogP contribution in [-0.2, 0) is 11.3 Å². The van der Waals surface area contributed by atoms with E-state index in [4.69, 9.17) is 9.47 Å². The Morgan fingerprint density at radius 2 is 1.97 bits per heavy atom. The van der Waals surface area contributed by atoms with Crippen LogP contribution in [0.1, 0.15) is 10.8 Å². The summed E-state index contributed by atoms with van der Waals surface area (Å²) in [5.41, 5.74) is 3.71. The SMILES string of the molecule is COCCn1ncc2cc(-c3cc(NCC(SC)c4ccccc4OC)ncn3)cnc21. The summed E-state index contributed by atoms with van der Waals surface area (Å²) in [6.45, 7) is 1.96. The number of anilines is 1. The molecule has 3 heterocycles. The van der Waals surface area contributed by atoms with Gasteiger partial charge in [-0.1, -0.05) is 18.2 Å². The molecule has 0 amide bonds. The summed E-state index contributed by atoms with van der Waals surface area (Å²) < 4.78 is 12.5. The van der Waals surface area contributed by atoms with Gasteiger partial charge in [0.25, 0.3) is 0 Å². The summed E-state index contributed by atoms with van der Waals surface area (Å²) in [5, 5.41) is 9.03. The Bertz CT molecular complexity index is 1180. The summed E-state index contributed by atoms with van der Waals surface area (Å²) in [4.78, 5) is 13.4. The van der Waals surface area contributed by atoms with Crippen molar-refractivity contribution in [3.8, 4) is 17.0 Å². The topological polar surface area (TPSA) is 87.0 Å². The molecule has 0 aliphatic heterocycles. The van der Waals surface area contributed by atoms with Gasteiger partial charge in [-0.05, 0) is 18.4 Å². The fraction of sp³-hybridized carbons (Fsp3) is 0.304. The molecule has 166 valence electrons. The zero-order valence-corrected chi connectivity index (χ0v) is 19.2. The number of rotatable bonds is 10. The van der Waals surface area contributed by atoms with Gasteiger partial charge in [0.2, 0.25) is 0 Å². The van der Waals surface area contributed by atoms with Gasteiger partial charge >= 0.3 is 0 Å². The summed E-state index contributed by atoms with van der Waals surface area (Å²) in [6.07, 6.45) is 7.30. The molecule has 1 aromatic carbocycles. The van der Waals surface area contributed by atoms with E-state index in [1.54, 1.807) is 32.3 Å². The van der Waals surface area contributed by atoms with Gasteiger partial charge in [-0.3, -0.25) is 0 Å². The Hall–Kier alpha value is -3.17. The lowest BCUT2D eigenvalue weighted by Gasteiger charge is -2.18. The van der Waals surface area contributed by atoms with Gasteiger partial charge in [0.1, 0.15) is 17.9 Å². The minimum atomic E-state index is 0.223. The maximum atomic E-state index is 5.53. The van der Waals surface area contributed by atoms with Crippen LogP contribution in [-0.4, -0.2) is 58.4 Å². The van der Waals surface area contributed by atoms with Gasteiger partial charge < -0.3 is 14.8 Å². The molecule has 0 spiro atoms. The molecule has 0 saturated heterocycles. The third-order valence-corrected chi connectivity index (χ3v) is 6.17. The summed E-state index contributed by atoms with van der Waals surface area (Å²) in [7, 11) is 3.38. The first kappa shape index (κ1) is 22.0. The Morgan fingerprint density at radius 1 is 1.09 bits per heavy atom. The molecule has 0 radical (unpaired) electrons. The monoisotopic (exact) mass is 450 g/mol. The third-order valence-electron chi connectivity index (χ3n) is 5.18. The second-order valence-corrected chi connectivity index (χ2v) is 8.17. The van der Waals surface area contributed by atoms with Crippen molar-refractivity contribution in [2.24, 2.45) is 0 Å². The highest BCUT2D eigenvalue weighted by Gasteiger charge is 2.15. The van der Waals surface area contributed by atoms with Crippen molar-refractivity contribution >= 4 is 28.6 Å². The highest BCUT2D eigenvalue weighted by molar-refractivity contribution is 7.98. The van der Waals surface area contributed by atoms with Crippen LogP contribution >= 0.6 is 11.8 Å². The van der Waals surface area contributed by atoms with Crippen LogP contribution in [0.2, 0.25) is 0 Å². The number of hydrogen-bond acceptors (Lipinski definition) is 8. The molecule has 0 fully saturated rings. The molecule has 0 aliphatic rings. The Labute approximate surface area is 191 Å². The predicted octanol–water partition coefficient (Wildman–Crippen LogP) is 4.06. The summed E-state index contributed by atoms with van der Waals surface area (Å²) in [6, 6.07) is 12.1. The fourth-order valence-corrected chi connectivity index (χ4v) is 4.21. The van der Waals surface area contributed by atoms with Gasteiger partial charge in [-0.2, -0.15) is 16.9 Å². The van der Waals surface area contributed by atoms with Crippen LogP contribution in [0.15, 0.2) is 55.1 Å². The number of nitrogens with zero attached hydrogens (tertiary/aromatic N) is 5. The maximum absolute atomic E-state index is 5.53. The van der Waals surface area contributed by atoms with Gasteiger partial charge in [-0.25, -0.2) is 19.6 Å². The number of methoxy groups -OCH3 is 2. The van der Waals surface area contributed by atoms with E-state index in [0.717, 1.165) is 39.4 Å². The Morgan fingerprint density at radius 3 is 2.78 bits per heavy atom. The molecule has 0 aliphatic carbocycles. The molecular formula is C23H26N6O2S. The first-order valence-corrected chi connectivity index (χ1v) is 11.5. The number of fused-ring (bicyclic) bond motifs is 1. The molecule has 8 nitrogen and oxygen atoms in total. The highest BCUT2D eigenvalue weighted by Crippen LogP contribution is 2.33. The third kappa shape index (κ3) is 4.84. The first-order chi connectivity index (χ1) is 15.7. The Kier molecular flexibility index (Phi) is 7.18. The first-order valence-electron chi connectivity index (χ1n) is 10.3. The smallest absolute Gasteiger partial charge is 0.157 e. The average Bonchev–Trinajstić information content (AvgIpc) is 3.25. The number of pyridine rings is 1. The second kappa shape index (κ2) is 10.4. The van der Waals surface area contributed by atoms with Gasteiger partial charge in [-0.15, -0.1) is 0 Å². The molecule has 4 aromatic rings. The number of hydrogen-bond donors (Lipinski definition) is 1. The molecule has 1 N–H and O–H groups in total. The molecule has 1 atom stereocenters. The molecule has 9 heteroatoms. The number of nitrogens with one attached hydrogen (secondary N) is 1. The van der Waals surface area contributed by atoms with Gasteiger partial charge in [0.05, 0.1) is 37.4 Å². The van der Waals surface area contributed by atoms with Gasteiger partial charge in [0, 0.05) is 42.4 Å². The van der Waals surface area contributed by atoms with Crippen LogP contribution in [0.3, 0.4) is 0 Å². The van der Waals surface area contributed by atoms with E-state index in [-0.39, 0.29) is 5.25 Å². The van der Waals surface area contributed by atoms with Crippen molar-refractivity contribution in [3.63, 3.8) is 0 Å². The highest BCUT2D eigenvalue weighted by atomic mass is 32.2. The van der Waals surface area contributed by atoms with Crippen molar-refractivity contribution in [2.75, 3.05) is 38.9 Å². The molecule has 1 unspecified atom stereocenters. The van der Waals surface area contributed by atoms with Crippen molar-refractivity contribution in [3.05, 3.63) is 60.7 Å². The van der Waals surface area contributed by atoms with E-state index in [0.29, 0.717) is 19.7 Å². The summed E-state index contributed by atoms with van der Waals surface area (Å²) >= 11 is 1.77. The van der Waals surface area contributed by atoms with E-state index in [2.05, 4.69) is 37.7 Å². The van der Waals surface area contributed by atoms with Crippen LogP contribution in [0.25, 0.3) is 22.3 Å². The number of ether oxygens (including phenoxy) is 2. The molecule has 0 bridgehead atoms. The van der Waals surface area contributed by atoms with Crippen LogP contribution in [0.4, 0.5) is 5.82 Å². The zero-order valence-electron chi connectivity index (χ0n) is 18.4. The fourth-order valence-electron chi connectivity index (χ4n) is 3.52. The molecule has 3 aromatic heterocycles. The molecule has 32 heavy (non-hydrogen) atoms. The van der Waals surface area contributed by atoms with Crippen molar-refractivity contribution in [1.29, 1.82) is 0 Å². The van der Waals surface area contributed by atoms with Crippen LogP contribution < -0.4 is 10.1 Å². The lowest BCUT2D eigenvalue weighted by Crippen LogP contribution is -2.12. The molecular weight excluding hydrogens is 424 g/mol. The number of para-hydroxylation sites is 1. The lowest BCUT2D eigenvalue weighted by molar-refractivity contribution is 0.184. The number of thioether (sulfide) groups is 1. The van der Waals surface area contributed by atoms with E-state index in [9.17, 15) is 0 Å². The molecule has 0 saturated carbocycles. The standard InChI is InChI=1S/C23H26N6O2S/c1-30-9-8-29-23-17(13-28-29)10-16(12-25-23)19-11-22(27-15-26-19)24-14-21(32-3)18-6-4-5-7-20(18)31-2/h4-7,10-13,15,21H,8-9,14H2,1-3H3,(H,24,26,27). The minimum Gasteiger partial charge on any atom is -0.496 e. The average molecular weight is 451 g/mol. The molecule has 4 rings (SSSR count). The number of aromatic nitrogens is 5.